The predicted octanol–water partition coefficient (Wildman–Crippen LogP) is 1.89. The first-order valence-electron chi connectivity index (χ1n) is 3.15. The minimum Gasteiger partial charge on any atom is -0.271 e. The van der Waals surface area contributed by atoms with Gasteiger partial charge in [0, 0.05) is 0 Å². The third-order valence-electron chi connectivity index (χ3n) is 1.26. The summed E-state index contributed by atoms with van der Waals surface area (Å²) < 4.78 is 0. The Morgan fingerprint density at radius 2 is 2.00 bits per heavy atom. The molecule has 0 N–H and O–H groups in total. The lowest BCUT2D eigenvalue weighted by atomic mass is 10.3. The fourth-order valence-electron chi connectivity index (χ4n) is 0.759. The van der Waals surface area contributed by atoms with Crippen LogP contribution < -0.4 is 5.06 Å². The van der Waals surface area contributed by atoms with Gasteiger partial charge in [0.05, 0.1) is 12.8 Å². The molecule has 1 aromatic carbocycles. The molecule has 57 valence electrons. The Kier molecular flexibility index (Phi) is 3.01. The number of rotatable bonds is 3. The van der Waals surface area contributed by atoms with Crippen molar-refractivity contribution in [1.82, 2.24) is 0 Å². The van der Waals surface area contributed by atoms with Crippen molar-refractivity contribution in [2.24, 2.45) is 0 Å². The molecule has 0 aliphatic heterocycles. The van der Waals surface area contributed by atoms with Crippen LogP contribution in [0.1, 0.15) is 0 Å². The molecule has 0 bridgehead atoms. The average Bonchev–Trinajstić information content (AvgIpc) is 2.09. The molecule has 3 heteroatoms. The Labute approximate surface area is 71.3 Å². The molecule has 2 nitrogen and oxygen atoms in total. The molecular formula is C8H8NOS. The van der Waals surface area contributed by atoms with Crippen molar-refractivity contribution in [3.63, 3.8) is 0 Å². The monoisotopic (exact) mass is 166 g/mol. The molecule has 0 spiro atoms. The van der Waals surface area contributed by atoms with Crippen LogP contribution in [0.25, 0.3) is 0 Å². The summed E-state index contributed by atoms with van der Waals surface area (Å²) in [4.78, 5) is 4.90. The number of anilines is 1. The number of hydrogen-bond donors (Lipinski definition) is 0. The van der Waals surface area contributed by atoms with E-state index in [9.17, 15) is 0 Å². The molecule has 11 heavy (non-hydrogen) atoms. The maximum absolute atomic E-state index is 4.90. The highest BCUT2D eigenvalue weighted by molar-refractivity contribution is 7.79. The highest BCUT2D eigenvalue weighted by Crippen LogP contribution is 2.10. The molecule has 1 aromatic rings. The molecule has 1 radical (unpaired) electrons. The fraction of sp³-hybridized carbons (Fsp3) is 0.125. The number of hydroxylamine groups is 1. The van der Waals surface area contributed by atoms with Gasteiger partial charge in [0.2, 0.25) is 0 Å². The van der Waals surface area contributed by atoms with Gasteiger partial charge in [0.25, 0.3) is 0 Å². The normalized spacial score (nSPS) is 9.18. The van der Waals surface area contributed by atoms with E-state index in [1.807, 2.05) is 30.3 Å². The zero-order valence-corrected chi connectivity index (χ0v) is 6.97. The smallest absolute Gasteiger partial charge is 0.169 e. The number of thiocarbonyl (C=S) groups is 1. The van der Waals surface area contributed by atoms with Crippen LogP contribution in [0.4, 0.5) is 5.69 Å². The first-order chi connectivity index (χ1) is 5.38. The maximum atomic E-state index is 4.90. The van der Waals surface area contributed by atoms with Crippen molar-refractivity contribution in [2.75, 3.05) is 12.2 Å². The molecule has 0 fully saturated rings. The van der Waals surface area contributed by atoms with Crippen LogP contribution in [-0.2, 0) is 4.84 Å². The third kappa shape index (κ3) is 2.00. The Morgan fingerprint density at radius 3 is 2.45 bits per heavy atom. The highest BCUT2D eigenvalue weighted by atomic mass is 32.1. The van der Waals surface area contributed by atoms with Gasteiger partial charge in [-0.3, -0.25) is 4.84 Å². The van der Waals surface area contributed by atoms with E-state index in [1.165, 1.54) is 5.06 Å². The van der Waals surface area contributed by atoms with Gasteiger partial charge in [-0.25, -0.2) is 5.06 Å². The van der Waals surface area contributed by atoms with Crippen LogP contribution in [0.15, 0.2) is 30.3 Å². The Balaban J connectivity index is 2.82. The Morgan fingerprint density at radius 1 is 1.36 bits per heavy atom. The van der Waals surface area contributed by atoms with Crippen molar-refractivity contribution in [3.05, 3.63) is 30.3 Å². The predicted molar refractivity (Wildman–Crippen MR) is 48.5 cm³/mol. The molecule has 0 atom stereocenters. The van der Waals surface area contributed by atoms with Crippen LogP contribution in [0, 0.1) is 0 Å². The topological polar surface area (TPSA) is 12.5 Å². The second-order valence-electron chi connectivity index (χ2n) is 1.90. The average molecular weight is 166 g/mol. The highest BCUT2D eigenvalue weighted by Gasteiger charge is 1.98. The van der Waals surface area contributed by atoms with Gasteiger partial charge in [-0.1, -0.05) is 30.4 Å². The first kappa shape index (κ1) is 8.17. The number of hydrogen-bond acceptors (Lipinski definition) is 2. The molecule has 0 amide bonds. The second kappa shape index (κ2) is 4.05. The molecule has 0 saturated carbocycles. The Bertz CT molecular complexity index is 225. The van der Waals surface area contributed by atoms with Crippen molar-refractivity contribution in [2.45, 2.75) is 0 Å². The number of benzene rings is 1. The summed E-state index contributed by atoms with van der Waals surface area (Å²) in [6.07, 6.45) is 0. The lowest BCUT2D eigenvalue weighted by molar-refractivity contribution is 0.215. The van der Waals surface area contributed by atoms with E-state index >= 15 is 0 Å². The van der Waals surface area contributed by atoms with Gasteiger partial charge in [-0.05, 0) is 12.1 Å². The largest absolute Gasteiger partial charge is 0.271 e. The lowest BCUT2D eigenvalue weighted by Crippen LogP contribution is -2.17. The van der Waals surface area contributed by atoms with E-state index < -0.39 is 0 Å². The summed E-state index contributed by atoms with van der Waals surface area (Å²) in [5.74, 6) is 0. The summed E-state index contributed by atoms with van der Waals surface area (Å²) in [6, 6.07) is 9.54. The van der Waals surface area contributed by atoms with Crippen LogP contribution in [0.3, 0.4) is 0 Å². The van der Waals surface area contributed by atoms with Crippen LogP contribution in [-0.4, -0.2) is 12.6 Å². The van der Waals surface area contributed by atoms with E-state index in [2.05, 4.69) is 17.7 Å². The van der Waals surface area contributed by atoms with Gasteiger partial charge < -0.3 is 0 Å². The summed E-state index contributed by atoms with van der Waals surface area (Å²) >= 11 is 4.61. The summed E-state index contributed by atoms with van der Waals surface area (Å²) in [5.41, 5.74) is 3.34. The molecule has 0 saturated heterocycles. The number of nitrogens with zero attached hydrogens (tertiary/aromatic N) is 1. The maximum Gasteiger partial charge on any atom is 0.169 e. The second-order valence-corrected chi connectivity index (χ2v) is 2.09. The molecule has 1 rings (SSSR count). The number of para-hydroxylation sites is 1. The van der Waals surface area contributed by atoms with E-state index in [0.29, 0.717) is 0 Å². The molecule has 0 aliphatic carbocycles. The molecule has 0 unspecified atom stereocenters. The van der Waals surface area contributed by atoms with Crippen molar-refractivity contribution < 1.29 is 4.84 Å². The van der Waals surface area contributed by atoms with Crippen LogP contribution in [0.5, 0.6) is 0 Å². The van der Waals surface area contributed by atoms with E-state index in [4.69, 9.17) is 4.84 Å². The van der Waals surface area contributed by atoms with Crippen molar-refractivity contribution in [1.29, 1.82) is 0 Å². The first-order valence-corrected chi connectivity index (χ1v) is 3.56. The van der Waals surface area contributed by atoms with Crippen molar-refractivity contribution in [3.8, 4) is 0 Å². The van der Waals surface area contributed by atoms with Gasteiger partial charge in [0.15, 0.2) is 5.49 Å². The van der Waals surface area contributed by atoms with Crippen molar-refractivity contribution >= 4 is 23.4 Å². The van der Waals surface area contributed by atoms with E-state index in [1.54, 1.807) is 7.11 Å². The van der Waals surface area contributed by atoms with Gasteiger partial charge >= 0.3 is 0 Å². The fourth-order valence-corrected chi connectivity index (χ4v) is 0.939. The Hall–Kier alpha value is -0.930. The lowest BCUT2D eigenvalue weighted by Gasteiger charge is -2.13. The quantitative estimate of drug-likeness (QED) is 0.386. The summed E-state index contributed by atoms with van der Waals surface area (Å²) in [5, 5.41) is 1.40. The van der Waals surface area contributed by atoms with Gasteiger partial charge in [0.1, 0.15) is 0 Å². The summed E-state index contributed by atoms with van der Waals surface area (Å²) in [6.45, 7) is 0. The molecule has 0 aromatic heterocycles. The summed E-state index contributed by atoms with van der Waals surface area (Å²) in [7, 11) is 1.55. The van der Waals surface area contributed by atoms with E-state index in [-0.39, 0.29) is 0 Å². The van der Waals surface area contributed by atoms with Crippen LogP contribution >= 0.6 is 12.2 Å². The van der Waals surface area contributed by atoms with Gasteiger partial charge in [-0.2, -0.15) is 0 Å². The standard InChI is InChI=1S/C8H8NOS/c1-10-9(7-11)8-5-3-2-4-6-8/h2-6H,1H3. The zero-order chi connectivity index (χ0) is 8.10. The third-order valence-corrected chi connectivity index (χ3v) is 1.42. The molecule has 0 heterocycles. The van der Waals surface area contributed by atoms with E-state index in [0.717, 1.165) is 5.69 Å². The molecule has 0 aliphatic rings. The minimum absolute atomic E-state index is 0.880. The zero-order valence-electron chi connectivity index (χ0n) is 6.15. The van der Waals surface area contributed by atoms with Gasteiger partial charge in [-0.15, -0.1) is 0 Å². The molecular weight excluding hydrogens is 158 g/mol. The SMILES string of the molecule is CON([C]=S)c1ccccc1. The van der Waals surface area contributed by atoms with Crippen LogP contribution in [0.2, 0.25) is 0 Å². The minimum atomic E-state index is 0.880.